The molecule has 1 aromatic heterocycles. The van der Waals surface area contributed by atoms with Crippen LogP contribution in [-0.2, 0) is 11.2 Å². The topological polar surface area (TPSA) is 59.3 Å². The van der Waals surface area contributed by atoms with Crippen molar-refractivity contribution < 1.29 is 18.4 Å². The first-order valence-electron chi connectivity index (χ1n) is 8.43. The fourth-order valence-electron chi connectivity index (χ4n) is 2.80. The minimum absolute atomic E-state index is 0.0480. The summed E-state index contributed by atoms with van der Waals surface area (Å²) < 4.78 is 18.6. The first-order valence-corrected chi connectivity index (χ1v) is 8.43. The molecule has 134 valence electrons. The molecular formula is C20H24FNO3. The number of hydrogen-bond donors (Lipinski definition) is 1. The van der Waals surface area contributed by atoms with Crippen LogP contribution in [0.25, 0.3) is 0 Å². The standard InChI is InChI=1S/C20H24FNO3/c1-12(2)20(15-5-7-16(21)8-6-15)22-19(24)10-9-17-11-18(13(3)23)14(4)25-17/h5-8,11-12,20H,9-10H2,1-4H3,(H,22,24)/t20-/m0/s1. The van der Waals surface area contributed by atoms with Crippen molar-refractivity contribution in [2.24, 2.45) is 5.92 Å². The van der Waals surface area contributed by atoms with Crippen molar-refractivity contribution in [1.82, 2.24) is 5.32 Å². The highest BCUT2D eigenvalue weighted by Gasteiger charge is 2.19. The zero-order valence-corrected chi connectivity index (χ0v) is 15.1. The Balaban J connectivity index is 1.98. The van der Waals surface area contributed by atoms with E-state index in [1.807, 2.05) is 13.8 Å². The molecule has 0 bridgehead atoms. The third kappa shape index (κ3) is 5.02. The monoisotopic (exact) mass is 345 g/mol. The molecule has 0 spiro atoms. The van der Waals surface area contributed by atoms with E-state index >= 15 is 0 Å². The molecule has 1 atom stereocenters. The van der Waals surface area contributed by atoms with Crippen molar-refractivity contribution >= 4 is 11.7 Å². The molecule has 1 amide bonds. The van der Waals surface area contributed by atoms with Gasteiger partial charge in [0.05, 0.1) is 11.6 Å². The van der Waals surface area contributed by atoms with Crippen molar-refractivity contribution in [3.63, 3.8) is 0 Å². The van der Waals surface area contributed by atoms with E-state index in [9.17, 15) is 14.0 Å². The summed E-state index contributed by atoms with van der Waals surface area (Å²) in [6, 6.07) is 7.69. The highest BCUT2D eigenvalue weighted by Crippen LogP contribution is 2.22. The highest BCUT2D eigenvalue weighted by atomic mass is 19.1. The third-order valence-corrected chi connectivity index (χ3v) is 4.16. The van der Waals surface area contributed by atoms with Crippen molar-refractivity contribution in [3.8, 4) is 0 Å². The predicted octanol–water partition coefficient (Wildman–Crippen LogP) is 4.38. The van der Waals surface area contributed by atoms with E-state index in [-0.39, 0.29) is 35.9 Å². The van der Waals surface area contributed by atoms with Crippen molar-refractivity contribution in [2.75, 3.05) is 0 Å². The Labute approximate surface area is 147 Å². The molecule has 0 saturated heterocycles. The summed E-state index contributed by atoms with van der Waals surface area (Å²) in [6.07, 6.45) is 0.683. The maximum atomic E-state index is 13.1. The average Bonchev–Trinajstić information content (AvgIpc) is 2.92. The van der Waals surface area contributed by atoms with Gasteiger partial charge in [0.15, 0.2) is 5.78 Å². The van der Waals surface area contributed by atoms with E-state index in [1.54, 1.807) is 25.1 Å². The van der Waals surface area contributed by atoms with Gasteiger partial charge in [0.2, 0.25) is 5.91 Å². The summed E-state index contributed by atoms with van der Waals surface area (Å²) in [5.41, 5.74) is 1.43. The molecule has 0 aliphatic carbocycles. The van der Waals surface area contributed by atoms with E-state index in [1.165, 1.54) is 19.1 Å². The van der Waals surface area contributed by atoms with Gasteiger partial charge in [0.25, 0.3) is 0 Å². The van der Waals surface area contributed by atoms with Crippen LogP contribution >= 0.6 is 0 Å². The summed E-state index contributed by atoms with van der Waals surface area (Å²) >= 11 is 0. The van der Waals surface area contributed by atoms with E-state index in [2.05, 4.69) is 5.32 Å². The van der Waals surface area contributed by atoms with E-state index < -0.39 is 0 Å². The lowest BCUT2D eigenvalue weighted by atomic mass is 9.95. The van der Waals surface area contributed by atoms with E-state index in [0.29, 0.717) is 23.5 Å². The fraction of sp³-hybridized carbons (Fsp3) is 0.400. The van der Waals surface area contributed by atoms with Crippen LogP contribution < -0.4 is 5.32 Å². The van der Waals surface area contributed by atoms with Crippen LogP contribution in [0, 0.1) is 18.7 Å². The molecule has 0 aliphatic heterocycles. The molecule has 0 aliphatic rings. The number of carbonyl (C=O) groups is 2. The molecule has 5 heteroatoms. The molecule has 4 nitrogen and oxygen atoms in total. The van der Waals surface area contributed by atoms with Gasteiger partial charge in [0.1, 0.15) is 17.3 Å². The van der Waals surface area contributed by atoms with Crippen molar-refractivity contribution in [2.45, 2.75) is 46.6 Å². The quantitative estimate of drug-likeness (QED) is 0.758. The number of furan rings is 1. The molecule has 1 aromatic carbocycles. The summed E-state index contributed by atoms with van der Waals surface area (Å²) in [7, 11) is 0. The van der Waals surface area contributed by atoms with E-state index in [4.69, 9.17) is 4.42 Å². The van der Waals surface area contributed by atoms with Crippen LogP contribution in [0.5, 0.6) is 0 Å². The minimum atomic E-state index is -0.299. The first kappa shape index (κ1) is 18.9. The Morgan fingerprint density at radius 3 is 2.36 bits per heavy atom. The lowest BCUT2D eigenvalue weighted by Gasteiger charge is -2.23. The molecule has 25 heavy (non-hydrogen) atoms. The Kier molecular flexibility index (Phi) is 6.12. The maximum Gasteiger partial charge on any atom is 0.220 e. The SMILES string of the molecule is CC(=O)c1cc(CCC(=O)N[C@H](c2ccc(F)cc2)C(C)C)oc1C. The number of ketones is 1. The Morgan fingerprint density at radius 1 is 1.20 bits per heavy atom. The summed E-state index contributed by atoms with van der Waals surface area (Å²) in [5, 5.41) is 3.00. The van der Waals surface area contributed by atoms with Gasteiger partial charge < -0.3 is 9.73 Å². The minimum Gasteiger partial charge on any atom is -0.466 e. The molecular weight excluding hydrogens is 321 g/mol. The molecule has 0 fully saturated rings. The highest BCUT2D eigenvalue weighted by molar-refractivity contribution is 5.95. The average molecular weight is 345 g/mol. The van der Waals surface area contributed by atoms with Crippen LogP contribution in [-0.4, -0.2) is 11.7 Å². The molecule has 0 unspecified atom stereocenters. The van der Waals surface area contributed by atoms with Crippen molar-refractivity contribution in [1.29, 1.82) is 0 Å². The predicted molar refractivity (Wildman–Crippen MR) is 93.9 cm³/mol. The molecule has 0 radical (unpaired) electrons. The number of rotatable bonds is 7. The second kappa shape index (κ2) is 8.10. The summed E-state index contributed by atoms with van der Waals surface area (Å²) in [6.45, 7) is 7.24. The lowest BCUT2D eigenvalue weighted by Crippen LogP contribution is -2.31. The normalized spacial score (nSPS) is 12.2. The number of amides is 1. The van der Waals surface area contributed by atoms with E-state index in [0.717, 1.165) is 5.56 Å². The number of carbonyl (C=O) groups excluding carboxylic acids is 2. The van der Waals surface area contributed by atoms with Gasteiger partial charge in [-0.25, -0.2) is 4.39 Å². The van der Waals surface area contributed by atoms with Crippen LogP contribution in [0.3, 0.4) is 0 Å². The number of hydrogen-bond acceptors (Lipinski definition) is 3. The van der Waals surface area contributed by atoms with Crippen LogP contribution in [0.1, 0.15) is 60.7 Å². The maximum absolute atomic E-state index is 13.1. The summed E-state index contributed by atoms with van der Waals surface area (Å²) in [5.74, 6) is 0.918. The number of aryl methyl sites for hydroxylation is 2. The van der Waals surface area contributed by atoms with Gasteiger partial charge in [-0.2, -0.15) is 0 Å². The Hall–Kier alpha value is -2.43. The van der Waals surface area contributed by atoms with Gasteiger partial charge in [-0.15, -0.1) is 0 Å². The first-order chi connectivity index (χ1) is 11.8. The molecule has 2 rings (SSSR count). The van der Waals surface area contributed by atoms with Crippen LogP contribution in [0.2, 0.25) is 0 Å². The largest absolute Gasteiger partial charge is 0.466 e. The van der Waals surface area contributed by atoms with Crippen molar-refractivity contribution in [3.05, 3.63) is 58.8 Å². The lowest BCUT2D eigenvalue weighted by molar-refractivity contribution is -0.122. The fourth-order valence-corrected chi connectivity index (χ4v) is 2.80. The van der Waals surface area contributed by atoms with Gasteiger partial charge in [0, 0.05) is 12.8 Å². The third-order valence-electron chi connectivity index (χ3n) is 4.16. The van der Waals surface area contributed by atoms with Crippen LogP contribution in [0.15, 0.2) is 34.7 Å². The summed E-state index contributed by atoms with van der Waals surface area (Å²) in [4.78, 5) is 23.8. The molecule has 1 N–H and O–H groups in total. The number of halogens is 1. The zero-order chi connectivity index (χ0) is 18.6. The second-order valence-electron chi connectivity index (χ2n) is 6.58. The smallest absolute Gasteiger partial charge is 0.220 e. The van der Waals surface area contributed by atoms with Gasteiger partial charge in [-0.05, 0) is 43.5 Å². The Morgan fingerprint density at radius 2 is 1.84 bits per heavy atom. The Bertz CT molecular complexity index is 747. The van der Waals surface area contributed by atoms with Crippen LogP contribution in [0.4, 0.5) is 4.39 Å². The zero-order valence-electron chi connectivity index (χ0n) is 15.1. The second-order valence-corrected chi connectivity index (χ2v) is 6.58. The van der Waals surface area contributed by atoms with Gasteiger partial charge >= 0.3 is 0 Å². The number of benzene rings is 1. The number of nitrogens with one attached hydrogen (secondary N) is 1. The molecule has 1 heterocycles. The molecule has 2 aromatic rings. The van der Waals surface area contributed by atoms with Gasteiger partial charge in [-0.1, -0.05) is 26.0 Å². The van der Waals surface area contributed by atoms with Gasteiger partial charge in [-0.3, -0.25) is 9.59 Å². The number of Topliss-reactive ketones (excluding diaryl/α,β-unsaturated/α-hetero) is 1. The molecule has 0 saturated carbocycles.